The Labute approximate surface area is 112 Å². The Hall–Kier alpha value is -2.24. The lowest BCUT2D eigenvalue weighted by Gasteiger charge is -2.12. The van der Waals surface area contributed by atoms with Crippen LogP contribution in [0.15, 0.2) is 24.5 Å². The Bertz CT molecular complexity index is 550. The fourth-order valence-electron chi connectivity index (χ4n) is 1.71. The van der Waals surface area contributed by atoms with Gasteiger partial charge < -0.3 is 15.8 Å². The van der Waals surface area contributed by atoms with Gasteiger partial charge in [0, 0.05) is 30.6 Å². The number of rotatable bonds is 5. The van der Waals surface area contributed by atoms with Gasteiger partial charge in [-0.05, 0) is 19.9 Å². The molecule has 6 heteroatoms. The highest BCUT2D eigenvalue weighted by Gasteiger charge is 2.04. The summed E-state index contributed by atoms with van der Waals surface area (Å²) < 4.78 is 7.31. The van der Waals surface area contributed by atoms with Crippen LogP contribution >= 0.6 is 0 Å². The molecular formula is C13H19N5O. The van der Waals surface area contributed by atoms with Crippen molar-refractivity contribution in [2.24, 2.45) is 7.05 Å². The average molecular weight is 261 g/mol. The quantitative estimate of drug-likeness (QED) is 0.802. The van der Waals surface area contributed by atoms with Crippen LogP contribution in [0.5, 0.6) is 5.75 Å². The van der Waals surface area contributed by atoms with Crippen molar-refractivity contribution in [2.45, 2.75) is 26.5 Å². The highest BCUT2D eigenvalue weighted by atomic mass is 16.5. The number of nitrogens with zero attached hydrogens (tertiary/aromatic N) is 3. The summed E-state index contributed by atoms with van der Waals surface area (Å²) in [6.45, 7) is 4.51. The molecule has 19 heavy (non-hydrogen) atoms. The molecule has 2 aromatic rings. The minimum atomic E-state index is 0.118. The number of anilines is 2. The Morgan fingerprint density at radius 3 is 2.79 bits per heavy atom. The molecule has 102 valence electrons. The molecule has 0 aliphatic rings. The molecule has 1 aromatic heterocycles. The monoisotopic (exact) mass is 261 g/mol. The van der Waals surface area contributed by atoms with Gasteiger partial charge in [0.25, 0.3) is 0 Å². The van der Waals surface area contributed by atoms with Gasteiger partial charge in [-0.25, -0.2) is 4.98 Å². The number of nitrogen functional groups attached to an aromatic ring is 1. The van der Waals surface area contributed by atoms with Gasteiger partial charge in [-0.15, -0.1) is 0 Å². The lowest BCUT2D eigenvalue weighted by atomic mass is 10.2. The molecule has 0 saturated heterocycles. The van der Waals surface area contributed by atoms with Crippen LogP contribution in [-0.4, -0.2) is 20.9 Å². The summed E-state index contributed by atoms with van der Waals surface area (Å²) in [5, 5.41) is 7.43. The van der Waals surface area contributed by atoms with Crippen LogP contribution in [0.3, 0.4) is 0 Å². The summed E-state index contributed by atoms with van der Waals surface area (Å²) in [4.78, 5) is 4.15. The molecular weight excluding hydrogens is 242 g/mol. The molecule has 0 saturated carbocycles. The largest absolute Gasteiger partial charge is 0.491 e. The van der Waals surface area contributed by atoms with Crippen molar-refractivity contribution in [3.05, 3.63) is 30.4 Å². The number of benzene rings is 1. The van der Waals surface area contributed by atoms with Gasteiger partial charge in [0.2, 0.25) is 0 Å². The maximum Gasteiger partial charge on any atom is 0.169 e. The van der Waals surface area contributed by atoms with Crippen molar-refractivity contribution < 1.29 is 4.74 Å². The fourth-order valence-corrected chi connectivity index (χ4v) is 1.71. The molecule has 0 unspecified atom stereocenters. The lowest BCUT2D eigenvalue weighted by molar-refractivity contribution is 0.242. The van der Waals surface area contributed by atoms with Gasteiger partial charge in [0.15, 0.2) is 5.82 Å². The highest BCUT2D eigenvalue weighted by Crippen LogP contribution is 2.23. The number of aryl methyl sites for hydroxylation is 1. The predicted molar refractivity (Wildman–Crippen MR) is 74.9 cm³/mol. The third-order valence-electron chi connectivity index (χ3n) is 2.40. The maximum atomic E-state index is 5.85. The van der Waals surface area contributed by atoms with E-state index in [1.165, 1.54) is 0 Å². The van der Waals surface area contributed by atoms with Crippen molar-refractivity contribution in [3.63, 3.8) is 0 Å². The topological polar surface area (TPSA) is 78.0 Å². The summed E-state index contributed by atoms with van der Waals surface area (Å²) >= 11 is 0. The van der Waals surface area contributed by atoms with E-state index in [2.05, 4.69) is 15.4 Å². The fraction of sp³-hybridized carbons (Fsp3) is 0.385. The van der Waals surface area contributed by atoms with Crippen LogP contribution in [0.2, 0.25) is 0 Å². The summed E-state index contributed by atoms with van der Waals surface area (Å²) in [7, 11) is 1.84. The van der Waals surface area contributed by atoms with Crippen molar-refractivity contribution in [2.75, 3.05) is 11.1 Å². The minimum absolute atomic E-state index is 0.118. The van der Waals surface area contributed by atoms with Gasteiger partial charge in [-0.2, -0.15) is 5.10 Å². The third-order valence-corrected chi connectivity index (χ3v) is 2.40. The second kappa shape index (κ2) is 5.60. The first-order chi connectivity index (χ1) is 9.02. The van der Waals surface area contributed by atoms with E-state index in [1.54, 1.807) is 11.0 Å². The van der Waals surface area contributed by atoms with E-state index in [0.29, 0.717) is 12.2 Å². The lowest BCUT2D eigenvalue weighted by Crippen LogP contribution is -2.07. The first kappa shape index (κ1) is 13.2. The van der Waals surface area contributed by atoms with Gasteiger partial charge in [0.05, 0.1) is 12.6 Å². The first-order valence-corrected chi connectivity index (χ1v) is 6.18. The molecule has 0 aliphatic heterocycles. The Morgan fingerprint density at radius 2 is 2.16 bits per heavy atom. The number of hydrogen-bond acceptors (Lipinski definition) is 5. The Balaban J connectivity index is 2.05. The van der Waals surface area contributed by atoms with Gasteiger partial charge in [0.1, 0.15) is 12.1 Å². The Morgan fingerprint density at radius 1 is 1.37 bits per heavy atom. The molecule has 1 heterocycles. The smallest absolute Gasteiger partial charge is 0.169 e. The van der Waals surface area contributed by atoms with E-state index in [9.17, 15) is 0 Å². The van der Waals surface area contributed by atoms with Crippen LogP contribution in [0.1, 0.15) is 19.7 Å². The molecule has 0 amide bonds. The normalized spacial score (nSPS) is 10.7. The second-order valence-electron chi connectivity index (χ2n) is 4.65. The first-order valence-electron chi connectivity index (χ1n) is 6.18. The molecule has 2 rings (SSSR count). The summed E-state index contributed by atoms with van der Waals surface area (Å²) in [6.07, 6.45) is 1.79. The SMILES string of the molecule is CC(C)Oc1cc(N)cc(NCc2ncn(C)n2)c1. The zero-order valence-corrected chi connectivity index (χ0v) is 11.4. The van der Waals surface area contributed by atoms with Gasteiger partial charge in [-0.1, -0.05) is 0 Å². The average Bonchev–Trinajstić information content (AvgIpc) is 2.71. The van der Waals surface area contributed by atoms with Crippen LogP contribution in [0, 0.1) is 0 Å². The molecule has 6 nitrogen and oxygen atoms in total. The molecule has 0 aliphatic carbocycles. The van der Waals surface area contributed by atoms with Crippen molar-refractivity contribution in [1.82, 2.24) is 14.8 Å². The van der Waals surface area contributed by atoms with Gasteiger partial charge in [-0.3, -0.25) is 4.68 Å². The van der Waals surface area contributed by atoms with Crippen molar-refractivity contribution in [1.29, 1.82) is 0 Å². The number of aromatic nitrogens is 3. The van der Waals surface area contributed by atoms with E-state index >= 15 is 0 Å². The molecule has 0 fully saturated rings. The van der Waals surface area contributed by atoms with E-state index in [1.807, 2.05) is 39.1 Å². The molecule has 0 bridgehead atoms. The van der Waals surface area contributed by atoms with Crippen LogP contribution < -0.4 is 15.8 Å². The van der Waals surface area contributed by atoms with E-state index in [4.69, 9.17) is 10.5 Å². The van der Waals surface area contributed by atoms with Crippen LogP contribution in [0.25, 0.3) is 0 Å². The number of ether oxygens (including phenoxy) is 1. The molecule has 0 spiro atoms. The summed E-state index contributed by atoms with van der Waals surface area (Å²) in [5.41, 5.74) is 7.41. The molecule has 1 aromatic carbocycles. The highest BCUT2D eigenvalue weighted by molar-refractivity contribution is 5.59. The third kappa shape index (κ3) is 3.87. The standard InChI is InChI=1S/C13H19N5O/c1-9(2)19-12-5-10(14)4-11(6-12)15-7-13-16-8-18(3)17-13/h4-6,8-9,15H,7,14H2,1-3H3. The second-order valence-corrected chi connectivity index (χ2v) is 4.65. The maximum absolute atomic E-state index is 5.85. The minimum Gasteiger partial charge on any atom is -0.491 e. The van der Waals surface area contributed by atoms with E-state index in [-0.39, 0.29) is 6.10 Å². The van der Waals surface area contributed by atoms with Crippen LogP contribution in [-0.2, 0) is 13.6 Å². The summed E-state index contributed by atoms with van der Waals surface area (Å²) in [6, 6.07) is 5.58. The summed E-state index contributed by atoms with van der Waals surface area (Å²) in [5.74, 6) is 1.49. The van der Waals surface area contributed by atoms with Crippen molar-refractivity contribution in [3.8, 4) is 5.75 Å². The molecule has 0 radical (unpaired) electrons. The zero-order chi connectivity index (χ0) is 13.8. The number of nitrogens with two attached hydrogens (primary N) is 1. The van der Waals surface area contributed by atoms with E-state index in [0.717, 1.165) is 17.3 Å². The number of nitrogens with one attached hydrogen (secondary N) is 1. The predicted octanol–water partition coefficient (Wildman–Crippen LogP) is 1.80. The number of hydrogen-bond donors (Lipinski definition) is 2. The Kier molecular flexibility index (Phi) is 3.89. The van der Waals surface area contributed by atoms with Crippen LogP contribution in [0.4, 0.5) is 11.4 Å². The van der Waals surface area contributed by atoms with Gasteiger partial charge >= 0.3 is 0 Å². The van der Waals surface area contributed by atoms with E-state index < -0.39 is 0 Å². The molecule has 0 atom stereocenters. The van der Waals surface area contributed by atoms with Crippen molar-refractivity contribution >= 4 is 11.4 Å². The zero-order valence-electron chi connectivity index (χ0n) is 11.4. The molecule has 3 N–H and O–H groups in total.